The fraction of sp³-hybridized carbons (Fsp3) is 0.190. The van der Waals surface area contributed by atoms with Crippen LogP contribution in [0.4, 0.5) is 10.1 Å². The van der Waals surface area contributed by atoms with Gasteiger partial charge in [0.15, 0.2) is 0 Å². The topological polar surface area (TPSA) is 91.1 Å². The average molecular weight is 415 g/mol. The molecule has 0 unspecified atom stereocenters. The molecule has 6 nitrogen and oxygen atoms in total. The first-order chi connectivity index (χ1) is 13.8. The molecule has 152 valence electrons. The van der Waals surface area contributed by atoms with E-state index in [1.54, 1.807) is 30.3 Å². The summed E-state index contributed by atoms with van der Waals surface area (Å²) in [6.45, 7) is 5.49. The van der Waals surface area contributed by atoms with E-state index in [-0.39, 0.29) is 30.4 Å². The number of hydrogen-bond acceptors (Lipinski definition) is 3. The first-order valence-electron chi connectivity index (χ1n) is 9.01. The Bertz CT molecular complexity index is 1150. The Balaban J connectivity index is 1.66. The van der Waals surface area contributed by atoms with Crippen LogP contribution in [0, 0.1) is 12.7 Å². The summed E-state index contributed by atoms with van der Waals surface area (Å²) in [5, 5.41) is 3.47. The van der Waals surface area contributed by atoms with Crippen LogP contribution in [-0.4, -0.2) is 25.9 Å². The van der Waals surface area contributed by atoms with E-state index in [0.29, 0.717) is 16.6 Å². The summed E-state index contributed by atoms with van der Waals surface area (Å²) in [6.07, 6.45) is 1.57. The van der Waals surface area contributed by atoms with Gasteiger partial charge in [0.2, 0.25) is 15.9 Å². The maximum absolute atomic E-state index is 13.6. The SMILES string of the molecule is C=CCNS(=O)(=O)Cc1ccc(NC(=O)Cc2c(C)[nH]c3ccc(F)cc23)cc1. The molecule has 1 aromatic heterocycles. The lowest BCUT2D eigenvalue weighted by Gasteiger charge is -2.08. The van der Waals surface area contributed by atoms with E-state index < -0.39 is 10.0 Å². The number of benzene rings is 2. The van der Waals surface area contributed by atoms with Crippen LogP contribution in [-0.2, 0) is 27.0 Å². The van der Waals surface area contributed by atoms with Crippen LogP contribution in [0.3, 0.4) is 0 Å². The van der Waals surface area contributed by atoms with Gasteiger partial charge in [-0.1, -0.05) is 18.2 Å². The molecule has 0 spiro atoms. The van der Waals surface area contributed by atoms with Crippen LogP contribution in [0.15, 0.2) is 55.1 Å². The molecule has 0 aliphatic heterocycles. The van der Waals surface area contributed by atoms with Gasteiger partial charge >= 0.3 is 0 Å². The van der Waals surface area contributed by atoms with Gasteiger partial charge in [0.1, 0.15) is 5.82 Å². The molecule has 3 rings (SSSR count). The van der Waals surface area contributed by atoms with Crippen molar-refractivity contribution in [2.24, 2.45) is 0 Å². The van der Waals surface area contributed by atoms with Gasteiger partial charge < -0.3 is 10.3 Å². The highest BCUT2D eigenvalue weighted by Gasteiger charge is 2.14. The first-order valence-corrected chi connectivity index (χ1v) is 10.7. The molecule has 1 heterocycles. The maximum atomic E-state index is 13.6. The molecule has 0 radical (unpaired) electrons. The second kappa shape index (κ2) is 8.59. The number of fused-ring (bicyclic) bond motifs is 1. The quantitative estimate of drug-likeness (QED) is 0.493. The lowest BCUT2D eigenvalue weighted by molar-refractivity contribution is -0.115. The minimum atomic E-state index is -3.44. The van der Waals surface area contributed by atoms with Gasteiger partial charge in [-0.2, -0.15) is 0 Å². The van der Waals surface area contributed by atoms with Crippen LogP contribution in [0.25, 0.3) is 10.9 Å². The number of amides is 1. The largest absolute Gasteiger partial charge is 0.358 e. The number of sulfonamides is 1. The van der Waals surface area contributed by atoms with E-state index in [4.69, 9.17) is 0 Å². The predicted molar refractivity (Wildman–Crippen MR) is 113 cm³/mol. The Morgan fingerprint density at radius 3 is 2.62 bits per heavy atom. The number of carbonyl (C=O) groups is 1. The summed E-state index contributed by atoms with van der Waals surface area (Å²) >= 11 is 0. The van der Waals surface area contributed by atoms with Crippen LogP contribution < -0.4 is 10.0 Å². The van der Waals surface area contributed by atoms with Crippen LogP contribution >= 0.6 is 0 Å². The monoisotopic (exact) mass is 415 g/mol. The second-order valence-corrected chi connectivity index (χ2v) is 8.54. The number of carbonyl (C=O) groups excluding carboxylic acids is 1. The van der Waals surface area contributed by atoms with Gasteiger partial charge in [0, 0.05) is 28.8 Å². The van der Waals surface area contributed by atoms with Gasteiger partial charge in [0.25, 0.3) is 0 Å². The summed E-state index contributed by atoms with van der Waals surface area (Å²) in [5.74, 6) is -0.757. The van der Waals surface area contributed by atoms with E-state index >= 15 is 0 Å². The summed E-state index contributed by atoms with van der Waals surface area (Å²) in [4.78, 5) is 15.6. The number of aryl methyl sites for hydroxylation is 1. The zero-order valence-corrected chi connectivity index (χ0v) is 16.8. The molecule has 0 aliphatic carbocycles. The number of rotatable bonds is 8. The number of aromatic nitrogens is 1. The Hall–Kier alpha value is -2.97. The smallest absolute Gasteiger partial charge is 0.228 e. The normalized spacial score (nSPS) is 11.5. The summed E-state index contributed by atoms with van der Waals surface area (Å²) in [7, 11) is -3.44. The van der Waals surface area contributed by atoms with Crippen molar-refractivity contribution < 1.29 is 17.6 Å². The molecule has 0 bridgehead atoms. The van der Waals surface area contributed by atoms with Crippen molar-refractivity contribution in [3.63, 3.8) is 0 Å². The molecule has 0 atom stereocenters. The molecular weight excluding hydrogens is 393 g/mol. The third kappa shape index (κ3) is 5.30. The maximum Gasteiger partial charge on any atom is 0.228 e. The number of halogens is 1. The van der Waals surface area contributed by atoms with Crippen molar-refractivity contribution in [1.29, 1.82) is 0 Å². The molecule has 8 heteroatoms. The van der Waals surface area contributed by atoms with Crippen molar-refractivity contribution in [1.82, 2.24) is 9.71 Å². The molecule has 3 N–H and O–H groups in total. The molecule has 0 fully saturated rings. The minimum absolute atomic E-state index is 0.0941. The fourth-order valence-corrected chi connectivity index (χ4v) is 4.19. The summed E-state index contributed by atoms with van der Waals surface area (Å²) < 4.78 is 39.8. The van der Waals surface area contributed by atoms with E-state index in [0.717, 1.165) is 16.8 Å². The second-order valence-electron chi connectivity index (χ2n) is 6.74. The standard InChI is InChI=1S/C21H22FN3O3S/c1-3-10-23-29(27,28)13-15-4-7-17(8-5-15)25-21(26)12-18-14(2)24-20-9-6-16(22)11-19(18)20/h3-9,11,23-24H,1,10,12-13H2,2H3,(H,25,26). The van der Waals surface area contributed by atoms with Crippen LogP contribution in [0.1, 0.15) is 16.8 Å². The van der Waals surface area contributed by atoms with E-state index in [1.165, 1.54) is 18.2 Å². The summed E-state index contributed by atoms with van der Waals surface area (Å²) in [5.41, 5.74) is 3.49. The first kappa shape index (κ1) is 20.8. The van der Waals surface area contributed by atoms with Crippen molar-refractivity contribution in [2.75, 3.05) is 11.9 Å². The third-order valence-electron chi connectivity index (χ3n) is 4.46. The number of aromatic amines is 1. The highest BCUT2D eigenvalue weighted by Crippen LogP contribution is 2.24. The lowest BCUT2D eigenvalue weighted by Crippen LogP contribution is -2.25. The number of anilines is 1. The van der Waals surface area contributed by atoms with E-state index in [1.807, 2.05) is 6.92 Å². The average Bonchev–Trinajstić information content (AvgIpc) is 2.96. The van der Waals surface area contributed by atoms with Gasteiger partial charge in [-0.15, -0.1) is 6.58 Å². The van der Waals surface area contributed by atoms with Crippen molar-refractivity contribution >= 4 is 32.5 Å². The van der Waals surface area contributed by atoms with Crippen molar-refractivity contribution in [3.05, 3.63) is 77.8 Å². The Labute approximate surface area is 168 Å². The zero-order chi connectivity index (χ0) is 21.0. The Morgan fingerprint density at radius 1 is 1.21 bits per heavy atom. The molecular formula is C21H22FN3O3S. The van der Waals surface area contributed by atoms with E-state index in [2.05, 4.69) is 21.6 Å². The minimum Gasteiger partial charge on any atom is -0.358 e. The number of H-pyrrole nitrogens is 1. The lowest BCUT2D eigenvalue weighted by atomic mass is 10.1. The highest BCUT2D eigenvalue weighted by atomic mass is 32.2. The molecule has 3 aromatic rings. The van der Waals surface area contributed by atoms with Crippen LogP contribution in [0.2, 0.25) is 0 Å². The van der Waals surface area contributed by atoms with Gasteiger partial charge in [-0.25, -0.2) is 17.5 Å². The van der Waals surface area contributed by atoms with Crippen LogP contribution in [0.5, 0.6) is 0 Å². The van der Waals surface area contributed by atoms with Gasteiger partial charge in [-0.3, -0.25) is 4.79 Å². The molecule has 1 amide bonds. The fourth-order valence-electron chi connectivity index (χ4n) is 3.09. The molecule has 29 heavy (non-hydrogen) atoms. The molecule has 0 saturated heterocycles. The van der Waals surface area contributed by atoms with Gasteiger partial charge in [-0.05, 0) is 48.4 Å². The van der Waals surface area contributed by atoms with Gasteiger partial charge in [0.05, 0.1) is 12.2 Å². The Morgan fingerprint density at radius 2 is 1.93 bits per heavy atom. The Kier molecular flexibility index (Phi) is 6.14. The van der Waals surface area contributed by atoms with Crippen molar-refractivity contribution in [2.45, 2.75) is 19.1 Å². The predicted octanol–water partition coefficient (Wildman–Crippen LogP) is 3.40. The molecule has 0 saturated carbocycles. The molecule has 0 aliphatic rings. The van der Waals surface area contributed by atoms with E-state index in [9.17, 15) is 17.6 Å². The highest BCUT2D eigenvalue weighted by molar-refractivity contribution is 7.88. The molecule has 2 aromatic carbocycles. The third-order valence-corrected chi connectivity index (χ3v) is 5.78. The number of hydrogen-bond donors (Lipinski definition) is 3. The van der Waals surface area contributed by atoms with Crippen molar-refractivity contribution in [3.8, 4) is 0 Å². The zero-order valence-electron chi connectivity index (χ0n) is 16.0. The summed E-state index contributed by atoms with van der Waals surface area (Å²) in [6, 6.07) is 11.0. The number of nitrogens with one attached hydrogen (secondary N) is 3.